The lowest BCUT2D eigenvalue weighted by atomic mass is 10.1. The van der Waals surface area contributed by atoms with Crippen molar-refractivity contribution in [1.29, 1.82) is 5.26 Å². The standard InChI is InChI=1S/C27H27N3O3/c1-5-33-27(32)22-12-9-13-25(16-22)30-18(2)14-23(20(30)4)15-24(17-28)26(31)29-19(3)21-10-7-6-8-11-21/h6-16,19H,5H2,1-4H3,(H,29,31)/b24-15-/t19-/m1/s1. The molecule has 0 aliphatic rings. The number of hydrogen-bond donors (Lipinski definition) is 1. The summed E-state index contributed by atoms with van der Waals surface area (Å²) in [6, 6.07) is 20.5. The molecule has 168 valence electrons. The first-order valence-electron chi connectivity index (χ1n) is 10.8. The second kappa shape index (κ2) is 10.5. The molecule has 0 unspecified atom stereocenters. The van der Waals surface area contributed by atoms with Crippen molar-refractivity contribution >= 4 is 18.0 Å². The lowest BCUT2D eigenvalue weighted by Crippen LogP contribution is -2.27. The SMILES string of the molecule is CCOC(=O)c1cccc(-n2c(C)cc(/C=C(/C#N)C(=O)N[C@H](C)c3ccccc3)c2C)c1. The van der Waals surface area contributed by atoms with E-state index in [0.717, 1.165) is 28.2 Å². The summed E-state index contributed by atoms with van der Waals surface area (Å²) in [5.74, 6) is -0.805. The molecular weight excluding hydrogens is 414 g/mol. The van der Waals surface area contributed by atoms with Crippen LogP contribution < -0.4 is 5.32 Å². The van der Waals surface area contributed by atoms with Crippen molar-refractivity contribution in [3.05, 3.63) is 94.3 Å². The third kappa shape index (κ3) is 5.39. The highest BCUT2D eigenvalue weighted by atomic mass is 16.5. The maximum Gasteiger partial charge on any atom is 0.338 e. The van der Waals surface area contributed by atoms with Crippen LogP contribution in [0.1, 0.15) is 52.8 Å². The van der Waals surface area contributed by atoms with E-state index in [4.69, 9.17) is 4.74 Å². The number of hydrogen-bond acceptors (Lipinski definition) is 4. The van der Waals surface area contributed by atoms with Crippen molar-refractivity contribution < 1.29 is 14.3 Å². The van der Waals surface area contributed by atoms with Crippen LogP contribution in [0.5, 0.6) is 0 Å². The maximum atomic E-state index is 12.8. The Kier molecular flexibility index (Phi) is 7.47. The lowest BCUT2D eigenvalue weighted by Gasteiger charge is -2.14. The maximum absolute atomic E-state index is 12.8. The minimum atomic E-state index is -0.428. The highest BCUT2D eigenvalue weighted by Crippen LogP contribution is 2.24. The van der Waals surface area contributed by atoms with Crippen molar-refractivity contribution in [3.8, 4) is 11.8 Å². The van der Waals surface area contributed by atoms with Crippen LogP contribution in [0, 0.1) is 25.2 Å². The Morgan fingerprint density at radius 2 is 1.85 bits per heavy atom. The molecule has 0 radical (unpaired) electrons. The fourth-order valence-electron chi connectivity index (χ4n) is 3.72. The Hall–Kier alpha value is -4.11. The number of aromatic nitrogens is 1. The first kappa shape index (κ1) is 23.6. The predicted octanol–water partition coefficient (Wildman–Crippen LogP) is 5.06. The van der Waals surface area contributed by atoms with E-state index in [1.54, 1.807) is 31.2 Å². The number of amides is 1. The molecule has 0 saturated carbocycles. The zero-order valence-electron chi connectivity index (χ0n) is 19.3. The fraction of sp³-hybridized carbons (Fsp3) is 0.222. The fourth-order valence-corrected chi connectivity index (χ4v) is 3.72. The molecule has 2 aromatic carbocycles. The van der Waals surface area contributed by atoms with Crippen LogP contribution in [-0.4, -0.2) is 23.1 Å². The molecule has 33 heavy (non-hydrogen) atoms. The quantitative estimate of drug-likeness (QED) is 0.316. The number of carbonyl (C=O) groups excluding carboxylic acids is 2. The largest absolute Gasteiger partial charge is 0.462 e. The predicted molar refractivity (Wildman–Crippen MR) is 128 cm³/mol. The lowest BCUT2D eigenvalue weighted by molar-refractivity contribution is -0.117. The normalized spacial score (nSPS) is 12.0. The highest BCUT2D eigenvalue weighted by Gasteiger charge is 2.17. The van der Waals surface area contributed by atoms with Gasteiger partial charge in [-0.3, -0.25) is 4.79 Å². The number of esters is 1. The molecular formula is C27H27N3O3. The second-order valence-electron chi connectivity index (χ2n) is 7.71. The van der Waals surface area contributed by atoms with E-state index in [1.165, 1.54) is 0 Å². The molecule has 0 aliphatic heterocycles. The number of nitrogens with zero attached hydrogens (tertiary/aromatic N) is 2. The minimum absolute atomic E-state index is 0.0262. The Morgan fingerprint density at radius 1 is 1.12 bits per heavy atom. The average Bonchev–Trinajstić information content (AvgIpc) is 3.10. The molecule has 1 amide bonds. The molecule has 0 saturated heterocycles. The smallest absolute Gasteiger partial charge is 0.338 e. The van der Waals surface area contributed by atoms with Crippen LogP contribution in [-0.2, 0) is 9.53 Å². The molecule has 0 spiro atoms. The third-order valence-electron chi connectivity index (χ3n) is 5.40. The van der Waals surface area contributed by atoms with Crippen molar-refractivity contribution in [2.75, 3.05) is 6.61 Å². The molecule has 1 heterocycles. The van der Waals surface area contributed by atoms with E-state index in [1.807, 2.05) is 73.9 Å². The summed E-state index contributed by atoms with van der Waals surface area (Å²) in [7, 11) is 0. The molecule has 1 aromatic heterocycles. The molecule has 3 rings (SSSR count). The topological polar surface area (TPSA) is 84.1 Å². The van der Waals surface area contributed by atoms with Crippen LogP contribution in [0.3, 0.4) is 0 Å². The summed E-state index contributed by atoms with van der Waals surface area (Å²) >= 11 is 0. The summed E-state index contributed by atoms with van der Waals surface area (Å²) in [5.41, 5.74) is 4.77. The van der Waals surface area contributed by atoms with Crippen molar-refractivity contribution in [2.24, 2.45) is 0 Å². The van der Waals surface area contributed by atoms with Crippen molar-refractivity contribution in [1.82, 2.24) is 9.88 Å². The first-order valence-corrected chi connectivity index (χ1v) is 10.8. The van der Waals surface area contributed by atoms with Gasteiger partial charge in [0.15, 0.2) is 0 Å². The van der Waals surface area contributed by atoms with Gasteiger partial charge < -0.3 is 14.6 Å². The van der Waals surface area contributed by atoms with Crippen LogP contribution >= 0.6 is 0 Å². The van der Waals surface area contributed by atoms with Gasteiger partial charge in [0.1, 0.15) is 11.6 Å². The van der Waals surface area contributed by atoms with Gasteiger partial charge in [0.2, 0.25) is 0 Å². The van der Waals surface area contributed by atoms with Gasteiger partial charge in [0.05, 0.1) is 18.2 Å². The van der Waals surface area contributed by atoms with Crippen molar-refractivity contribution in [3.63, 3.8) is 0 Å². The van der Waals surface area contributed by atoms with E-state index in [9.17, 15) is 14.9 Å². The minimum Gasteiger partial charge on any atom is -0.462 e. The zero-order chi connectivity index (χ0) is 24.0. The van der Waals surface area contributed by atoms with E-state index in [-0.39, 0.29) is 17.6 Å². The first-order chi connectivity index (χ1) is 15.8. The summed E-state index contributed by atoms with van der Waals surface area (Å²) in [5, 5.41) is 12.5. The average molecular weight is 442 g/mol. The molecule has 3 aromatic rings. The Morgan fingerprint density at radius 3 is 2.52 bits per heavy atom. The van der Waals surface area contributed by atoms with Crippen LogP contribution in [0.4, 0.5) is 0 Å². The number of nitriles is 1. The Bertz CT molecular complexity index is 1230. The van der Waals surface area contributed by atoms with Gasteiger partial charge in [-0.2, -0.15) is 5.26 Å². The number of ether oxygens (including phenoxy) is 1. The summed E-state index contributed by atoms with van der Waals surface area (Å²) in [6.07, 6.45) is 1.60. The van der Waals surface area contributed by atoms with Gasteiger partial charge in [0, 0.05) is 17.1 Å². The number of rotatable bonds is 7. The van der Waals surface area contributed by atoms with Gasteiger partial charge in [-0.1, -0.05) is 36.4 Å². The summed E-state index contributed by atoms with van der Waals surface area (Å²) in [6.45, 7) is 7.80. The number of nitrogens with one attached hydrogen (secondary N) is 1. The molecule has 1 atom stereocenters. The van der Waals surface area contributed by atoms with E-state index in [0.29, 0.717) is 12.2 Å². The van der Waals surface area contributed by atoms with Crippen LogP contribution in [0.15, 0.2) is 66.2 Å². The molecule has 0 aliphatic carbocycles. The van der Waals surface area contributed by atoms with Gasteiger partial charge in [-0.05, 0) is 69.2 Å². The highest BCUT2D eigenvalue weighted by molar-refractivity contribution is 6.02. The van der Waals surface area contributed by atoms with Crippen LogP contribution in [0.25, 0.3) is 11.8 Å². The number of aryl methyl sites for hydroxylation is 1. The monoisotopic (exact) mass is 441 g/mol. The summed E-state index contributed by atoms with van der Waals surface area (Å²) in [4.78, 5) is 24.9. The molecule has 1 N–H and O–H groups in total. The molecule has 0 fully saturated rings. The van der Waals surface area contributed by atoms with Crippen LogP contribution in [0.2, 0.25) is 0 Å². The van der Waals surface area contributed by atoms with Crippen molar-refractivity contribution in [2.45, 2.75) is 33.7 Å². The zero-order valence-corrected chi connectivity index (χ0v) is 19.3. The van der Waals surface area contributed by atoms with Gasteiger partial charge in [-0.15, -0.1) is 0 Å². The number of carbonyl (C=O) groups is 2. The third-order valence-corrected chi connectivity index (χ3v) is 5.40. The molecule has 6 heteroatoms. The molecule has 0 bridgehead atoms. The van der Waals surface area contributed by atoms with Gasteiger partial charge >= 0.3 is 5.97 Å². The summed E-state index contributed by atoms with van der Waals surface area (Å²) < 4.78 is 7.08. The Balaban J connectivity index is 1.89. The van der Waals surface area contributed by atoms with Gasteiger partial charge in [0.25, 0.3) is 5.91 Å². The van der Waals surface area contributed by atoms with Gasteiger partial charge in [-0.25, -0.2) is 4.79 Å². The van der Waals surface area contributed by atoms with E-state index < -0.39 is 5.91 Å². The number of benzene rings is 2. The molecule has 6 nitrogen and oxygen atoms in total. The second-order valence-corrected chi connectivity index (χ2v) is 7.71. The van der Waals surface area contributed by atoms with E-state index >= 15 is 0 Å². The Labute approximate surface area is 194 Å². The van der Waals surface area contributed by atoms with E-state index in [2.05, 4.69) is 5.32 Å².